The first-order valence-corrected chi connectivity index (χ1v) is 5.21. The molecule has 5 heteroatoms. The molecule has 0 aromatic heterocycles. The van der Waals surface area contributed by atoms with Gasteiger partial charge in [0.25, 0.3) is 0 Å². The number of halogens is 3. The van der Waals surface area contributed by atoms with E-state index in [-0.39, 0.29) is 5.03 Å². The Kier molecular flexibility index (Phi) is 4.77. The Morgan fingerprint density at radius 1 is 1.56 bits per heavy atom. The maximum absolute atomic E-state index is 12.9. The van der Waals surface area contributed by atoms with Gasteiger partial charge in [-0.05, 0) is 23.8 Å². The fraction of sp³-hybridized carbons (Fsp3) is 0.182. The van der Waals surface area contributed by atoms with Gasteiger partial charge in [-0.2, -0.15) is 0 Å². The lowest BCUT2D eigenvalue weighted by molar-refractivity contribution is -0.135. The molecule has 0 fully saturated rings. The molecule has 0 radical (unpaired) electrons. The number of esters is 1. The fourth-order valence-electron chi connectivity index (χ4n) is 1.07. The molecule has 2 nitrogen and oxygen atoms in total. The van der Waals surface area contributed by atoms with E-state index in [0.29, 0.717) is 5.56 Å². The molecule has 0 aliphatic carbocycles. The van der Waals surface area contributed by atoms with Gasteiger partial charge in [-0.1, -0.05) is 23.7 Å². The Morgan fingerprint density at radius 2 is 2.25 bits per heavy atom. The Morgan fingerprint density at radius 3 is 2.81 bits per heavy atom. The standard InChI is InChI=1S/C11H9Cl2FO2/c1-16-11(15)10(13)6-9(12)7-3-2-4-8(14)5-7/h2-6,9H,1H3/b10-6-/t9-/m0/s1. The van der Waals surface area contributed by atoms with Crippen LogP contribution < -0.4 is 0 Å². The second-order valence-electron chi connectivity index (χ2n) is 2.96. The third-order valence-electron chi connectivity index (χ3n) is 1.84. The summed E-state index contributed by atoms with van der Waals surface area (Å²) in [6.07, 6.45) is 1.30. The first-order valence-electron chi connectivity index (χ1n) is 4.39. The van der Waals surface area contributed by atoms with Crippen molar-refractivity contribution in [3.05, 3.63) is 46.8 Å². The van der Waals surface area contributed by atoms with E-state index in [0.717, 1.165) is 0 Å². The SMILES string of the molecule is COC(=O)/C(Cl)=C/[C@H](Cl)c1cccc(F)c1. The summed E-state index contributed by atoms with van der Waals surface area (Å²) >= 11 is 11.6. The molecule has 0 amide bonds. The molecule has 0 heterocycles. The lowest BCUT2D eigenvalue weighted by Gasteiger charge is -2.05. The number of methoxy groups -OCH3 is 1. The Balaban J connectivity index is 2.87. The van der Waals surface area contributed by atoms with Crippen molar-refractivity contribution < 1.29 is 13.9 Å². The van der Waals surface area contributed by atoms with E-state index in [2.05, 4.69) is 4.74 Å². The summed E-state index contributed by atoms with van der Waals surface area (Å²) in [6.45, 7) is 0. The first-order chi connectivity index (χ1) is 7.54. The van der Waals surface area contributed by atoms with E-state index in [1.807, 2.05) is 0 Å². The predicted molar refractivity (Wildman–Crippen MR) is 60.9 cm³/mol. The topological polar surface area (TPSA) is 26.3 Å². The zero-order valence-electron chi connectivity index (χ0n) is 8.41. The number of rotatable bonds is 3. The van der Waals surface area contributed by atoms with Gasteiger partial charge >= 0.3 is 5.97 Å². The van der Waals surface area contributed by atoms with Gasteiger partial charge in [-0.25, -0.2) is 9.18 Å². The van der Waals surface area contributed by atoms with Crippen molar-refractivity contribution in [3.8, 4) is 0 Å². The molecule has 86 valence electrons. The average Bonchev–Trinajstić information content (AvgIpc) is 2.27. The molecule has 0 bridgehead atoms. The van der Waals surface area contributed by atoms with Crippen LogP contribution in [0.4, 0.5) is 4.39 Å². The van der Waals surface area contributed by atoms with Crippen molar-refractivity contribution in [2.75, 3.05) is 7.11 Å². The smallest absolute Gasteiger partial charge is 0.349 e. The summed E-state index contributed by atoms with van der Waals surface area (Å²) in [5.41, 5.74) is 0.517. The maximum Gasteiger partial charge on any atom is 0.349 e. The van der Waals surface area contributed by atoms with Crippen LogP contribution in [0.25, 0.3) is 0 Å². The molecule has 1 atom stereocenters. The van der Waals surface area contributed by atoms with E-state index < -0.39 is 17.2 Å². The molecule has 1 aromatic rings. The van der Waals surface area contributed by atoms with Crippen LogP contribution in [0.1, 0.15) is 10.9 Å². The number of allylic oxidation sites excluding steroid dienone is 1. The van der Waals surface area contributed by atoms with Gasteiger partial charge in [0.1, 0.15) is 10.8 Å². The van der Waals surface area contributed by atoms with Gasteiger partial charge in [0, 0.05) is 0 Å². The van der Waals surface area contributed by atoms with E-state index in [1.165, 1.54) is 31.4 Å². The number of carbonyl (C=O) groups is 1. The number of alkyl halides is 1. The molecular weight excluding hydrogens is 254 g/mol. The predicted octanol–water partition coefficient (Wildman–Crippen LogP) is 3.40. The van der Waals surface area contributed by atoms with Crippen LogP contribution in [0.5, 0.6) is 0 Å². The minimum atomic E-state index is -0.678. The van der Waals surface area contributed by atoms with Crippen molar-refractivity contribution >= 4 is 29.2 Å². The van der Waals surface area contributed by atoms with E-state index >= 15 is 0 Å². The molecule has 16 heavy (non-hydrogen) atoms. The number of ether oxygens (including phenoxy) is 1. The highest BCUT2D eigenvalue weighted by Crippen LogP contribution is 2.25. The first kappa shape index (κ1) is 13.0. The van der Waals surface area contributed by atoms with E-state index in [1.54, 1.807) is 6.07 Å². The molecule has 1 rings (SSSR count). The highest BCUT2D eigenvalue weighted by atomic mass is 35.5. The Labute approximate surface area is 103 Å². The van der Waals surface area contributed by atoms with Crippen molar-refractivity contribution in [1.82, 2.24) is 0 Å². The van der Waals surface area contributed by atoms with Crippen LogP contribution in [0, 0.1) is 5.82 Å². The van der Waals surface area contributed by atoms with E-state index in [4.69, 9.17) is 23.2 Å². The third-order valence-corrected chi connectivity index (χ3v) is 2.50. The summed E-state index contributed by atoms with van der Waals surface area (Å²) in [5, 5.41) is -0.811. The lowest BCUT2D eigenvalue weighted by Crippen LogP contribution is -2.01. The van der Waals surface area contributed by atoms with Gasteiger partial charge in [0.15, 0.2) is 0 Å². The molecular formula is C11H9Cl2FO2. The largest absolute Gasteiger partial charge is 0.465 e. The fourth-order valence-corrected chi connectivity index (χ4v) is 1.60. The summed E-state index contributed by atoms with van der Waals surface area (Å²) in [4.78, 5) is 11.0. The molecule has 0 spiro atoms. The highest BCUT2D eigenvalue weighted by Gasteiger charge is 2.11. The number of carbonyl (C=O) groups excluding carboxylic acids is 1. The van der Waals surface area contributed by atoms with Crippen LogP contribution in [0.15, 0.2) is 35.4 Å². The van der Waals surface area contributed by atoms with Gasteiger partial charge in [-0.3, -0.25) is 0 Å². The monoisotopic (exact) mass is 262 g/mol. The molecule has 0 aliphatic rings. The third kappa shape index (κ3) is 3.51. The normalized spacial score (nSPS) is 13.4. The van der Waals surface area contributed by atoms with Crippen molar-refractivity contribution in [1.29, 1.82) is 0 Å². The van der Waals surface area contributed by atoms with Gasteiger partial charge in [0.2, 0.25) is 0 Å². The Hall–Kier alpha value is -1.06. The number of hydrogen-bond acceptors (Lipinski definition) is 2. The van der Waals surface area contributed by atoms with Crippen molar-refractivity contribution in [3.63, 3.8) is 0 Å². The maximum atomic E-state index is 12.9. The van der Waals surface area contributed by atoms with Gasteiger partial charge in [0.05, 0.1) is 12.5 Å². The number of benzene rings is 1. The van der Waals surface area contributed by atoms with Crippen LogP contribution in [-0.2, 0) is 9.53 Å². The zero-order chi connectivity index (χ0) is 12.1. The molecule has 0 N–H and O–H groups in total. The van der Waals surface area contributed by atoms with Gasteiger partial charge in [-0.15, -0.1) is 11.6 Å². The van der Waals surface area contributed by atoms with Crippen LogP contribution >= 0.6 is 23.2 Å². The van der Waals surface area contributed by atoms with Crippen molar-refractivity contribution in [2.24, 2.45) is 0 Å². The molecule has 0 saturated carbocycles. The number of hydrogen-bond donors (Lipinski definition) is 0. The van der Waals surface area contributed by atoms with Crippen LogP contribution in [0.3, 0.4) is 0 Å². The molecule has 0 unspecified atom stereocenters. The average molecular weight is 263 g/mol. The van der Waals surface area contributed by atoms with Crippen LogP contribution in [-0.4, -0.2) is 13.1 Å². The molecule has 0 aliphatic heterocycles. The zero-order valence-corrected chi connectivity index (χ0v) is 9.93. The van der Waals surface area contributed by atoms with Gasteiger partial charge < -0.3 is 4.74 Å². The minimum absolute atomic E-state index is 0.133. The van der Waals surface area contributed by atoms with Crippen LogP contribution in [0.2, 0.25) is 0 Å². The quantitative estimate of drug-likeness (QED) is 0.474. The lowest BCUT2D eigenvalue weighted by atomic mass is 10.1. The molecule has 1 aromatic carbocycles. The summed E-state index contributed by atoms with van der Waals surface area (Å²) in [5.74, 6) is -1.07. The summed E-state index contributed by atoms with van der Waals surface area (Å²) < 4.78 is 17.3. The second kappa shape index (κ2) is 5.87. The van der Waals surface area contributed by atoms with E-state index in [9.17, 15) is 9.18 Å². The minimum Gasteiger partial charge on any atom is -0.465 e. The highest BCUT2D eigenvalue weighted by molar-refractivity contribution is 6.41. The summed E-state index contributed by atoms with van der Waals surface area (Å²) in [7, 11) is 1.21. The van der Waals surface area contributed by atoms with Crippen molar-refractivity contribution in [2.45, 2.75) is 5.38 Å². The second-order valence-corrected chi connectivity index (χ2v) is 3.84. The summed E-state index contributed by atoms with van der Waals surface area (Å²) in [6, 6.07) is 5.74. The molecule has 0 saturated heterocycles. The Bertz CT molecular complexity index is 418.